The Morgan fingerprint density at radius 2 is 0.955 bits per heavy atom. The minimum Gasteiger partial charge on any atom is -0.487 e. The lowest BCUT2D eigenvalue weighted by Crippen LogP contribution is -2.56. The fraction of sp³-hybridized carbons (Fsp3) is 0.316. The van der Waals surface area contributed by atoms with Crippen LogP contribution in [0.5, 0.6) is 0 Å². The monoisotopic (exact) mass is 608 g/mol. The maximum absolute atomic E-state index is 6.83. The van der Waals surface area contributed by atoms with Gasteiger partial charge in [-0.1, -0.05) is 147 Å². The molecule has 0 N–H and O–H groups in total. The second-order valence-electron chi connectivity index (χ2n) is 12.3. The highest BCUT2D eigenvalue weighted by Crippen LogP contribution is 2.34. The molecule has 0 aromatic heterocycles. The summed E-state index contributed by atoms with van der Waals surface area (Å²) in [6.07, 6.45) is -1.70. The van der Waals surface area contributed by atoms with E-state index >= 15 is 0 Å². The first kappa shape index (κ1) is 31.9. The number of benzene rings is 4. The van der Waals surface area contributed by atoms with Crippen molar-refractivity contribution >= 4 is 8.07 Å². The van der Waals surface area contributed by atoms with E-state index in [1.807, 2.05) is 72.8 Å². The van der Waals surface area contributed by atoms with E-state index in [-0.39, 0.29) is 6.10 Å². The fourth-order valence-electron chi connectivity index (χ4n) is 5.25. The Labute approximate surface area is 263 Å². The van der Waals surface area contributed by atoms with Crippen LogP contribution in [0.1, 0.15) is 22.3 Å². The lowest BCUT2D eigenvalue weighted by atomic mass is 9.97. The highest BCUT2D eigenvalue weighted by Gasteiger charge is 2.47. The zero-order valence-corrected chi connectivity index (χ0v) is 27.0. The zero-order valence-electron chi connectivity index (χ0n) is 26.0. The number of ether oxygens (including phenoxy) is 5. The molecule has 1 fully saturated rings. The first-order chi connectivity index (χ1) is 21.4. The average Bonchev–Trinajstić information content (AvgIpc) is 3.04. The summed E-state index contributed by atoms with van der Waals surface area (Å²) in [6, 6.07) is 40.9. The third kappa shape index (κ3) is 9.74. The van der Waals surface area contributed by atoms with Crippen molar-refractivity contribution < 1.29 is 23.7 Å². The third-order valence-corrected chi connectivity index (χ3v) is 8.52. The minimum atomic E-state index is -1.72. The first-order valence-corrected chi connectivity index (χ1v) is 19.0. The van der Waals surface area contributed by atoms with Crippen LogP contribution >= 0.6 is 0 Å². The largest absolute Gasteiger partial charge is 0.487 e. The van der Waals surface area contributed by atoms with Crippen LogP contribution in [-0.4, -0.2) is 39.1 Å². The third-order valence-electron chi connectivity index (χ3n) is 7.37. The van der Waals surface area contributed by atoms with Crippen LogP contribution in [0.25, 0.3) is 0 Å². The second-order valence-corrected chi connectivity index (χ2v) is 17.3. The summed E-state index contributed by atoms with van der Waals surface area (Å²) in [5.74, 6) is 0.811. The van der Waals surface area contributed by atoms with E-state index in [9.17, 15) is 0 Å². The molecule has 230 valence electrons. The van der Waals surface area contributed by atoms with E-state index in [1.54, 1.807) is 0 Å². The van der Waals surface area contributed by atoms with Crippen LogP contribution in [-0.2, 0) is 50.1 Å². The van der Waals surface area contributed by atoms with Gasteiger partial charge in [-0.3, -0.25) is 0 Å². The number of hydrogen-bond donors (Lipinski definition) is 0. The molecule has 1 heterocycles. The predicted molar refractivity (Wildman–Crippen MR) is 177 cm³/mol. The SMILES string of the molecule is C[Si](C)(C)/C=C1\O[C@H](COCc2ccccc2)[C@@H](OCc2ccccc2)[C@H](OCc2ccccc2)[C@H]1OCc1ccccc1. The molecule has 5 nitrogen and oxygen atoms in total. The zero-order chi connectivity index (χ0) is 30.6. The fourth-order valence-corrected chi connectivity index (χ4v) is 6.33. The Morgan fingerprint density at radius 3 is 1.41 bits per heavy atom. The van der Waals surface area contributed by atoms with Gasteiger partial charge in [-0.05, 0) is 22.3 Å². The summed E-state index contributed by atoms with van der Waals surface area (Å²) in [6.45, 7) is 9.04. The van der Waals surface area contributed by atoms with Gasteiger partial charge >= 0.3 is 0 Å². The van der Waals surface area contributed by atoms with Crippen molar-refractivity contribution in [1.82, 2.24) is 0 Å². The van der Waals surface area contributed by atoms with Gasteiger partial charge in [0.1, 0.15) is 24.1 Å². The molecule has 0 bridgehead atoms. The van der Waals surface area contributed by atoms with E-state index < -0.39 is 26.4 Å². The molecule has 5 rings (SSSR count). The van der Waals surface area contributed by atoms with Gasteiger partial charge in [0.05, 0.1) is 41.1 Å². The lowest BCUT2D eigenvalue weighted by molar-refractivity contribution is -0.223. The van der Waals surface area contributed by atoms with Crippen LogP contribution in [0, 0.1) is 0 Å². The Kier molecular flexibility index (Phi) is 11.6. The summed E-state index contributed by atoms with van der Waals surface area (Å²) in [7, 11) is -1.72. The van der Waals surface area contributed by atoms with Gasteiger partial charge in [-0.25, -0.2) is 0 Å². The quantitative estimate of drug-likeness (QED) is 0.135. The van der Waals surface area contributed by atoms with Gasteiger partial charge < -0.3 is 23.7 Å². The molecular formula is C38H44O5Si. The number of hydrogen-bond acceptors (Lipinski definition) is 5. The lowest BCUT2D eigenvalue weighted by Gasteiger charge is -2.44. The van der Waals surface area contributed by atoms with E-state index in [0.717, 1.165) is 28.0 Å². The van der Waals surface area contributed by atoms with E-state index in [0.29, 0.717) is 33.0 Å². The molecule has 4 aromatic carbocycles. The van der Waals surface area contributed by atoms with Crippen LogP contribution in [0.2, 0.25) is 19.6 Å². The van der Waals surface area contributed by atoms with Crippen LogP contribution in [0.4, 0.5) is 0 Å². The minimum absolute atomic E-state index is 0.355. The topological polar surface area (TPSA) is 46.2 Å². The predicted octanol–water partition coefficient (Wildman–Crippen LogP) is 8.12. The molecule has 4 atom stereocenters. The van der Waals surface area contributed by atoms with Crippen molar-refractivity contribution in [1.29, 1.82) is 0 Å². The van der Waals surface area contributed by atoms with Crippen LogP contribution < -0.4 is 0 Å². The second kappa shape index (κ2) is 16.0. The standard InChI is InChI=1S/C38H44O5Si/c1-44(2,3)29-35-37(41-26-32-20-12-6-13-21-32)38(42-27-33-22-14-7-15-23-33)36(40-25-31-18-10-5-11-19-31)34(43-35)28-39-24-30-16-8-4-9-17-30/h4-23,29,34,36-38H,24-28H2,1-3H3/b35-29-/t34-,36-,37+,38+/m1/s1. The number of rotatable bonds is 14. The molecule has 1 aliphatic rings. The van der Waals surface area contributed by atoms with Crippen molar-refractivity contribution in [3.05, 3.63) is 155 Å². The van der Waals surface area contributed by atoms with E-state index in [4.69, 9.17) is 23.7 Å². The molecule has 44 heavy (non-hydrogen) atoms. The summed E-state index contributed by atoms with van der Waals surface area (Å²) in [4.78, 5) is 0. The van der Waals surface area contributed by atoms with Crippen molar-refractivity contribution in [3.63, 3.8) is 0 Å². The van der Waals surface area contributed by atoms with Crippen molar-refractivity contribution in [2.45, 2.75) is 70.5 Å². The van der Waals surface area contributed by atoms with Gasteiger partial charge in [0.2, 0.25) is 0 Å². The van der Waals surface area contributed by atoms with Gasteiger partial charge in [0.25, 0.3) is 0 Å². The highest BCUT2D eigenvalue weighted by molar-refractivity contribution is 6.81. The molecule has 0 aliphatic carbocycles. The maximum Gasteiger partial charge on any atom is 0.150 e. The smallest absolute Gasteiger partial charge is 0.150 e. The van der Waals surface area contributed by atoms with Crippen molar-refractivity contribution in [3.8, 4) is 0 Å². The normalized spacial score (nSPS) is 21.2. The molecule has 0 radical (unpaired) electrons. The molecular weight excluding hydrogens is 564 g/mol. The maximum atomic E-state index is 6.83. The molecule has 0 spiro atoms. The van der Waals surface area contributed by atoms with Gasteiger partial charge in [-0.15, -0.1) is 0 Å². The Balaban J connectivity index is 1.46. The van der Waals surface area contributed by atoms with Crippen molar-refractivity contribution in [2.24, 2.45) is 0 Å². The first-order valence-electron chi connectivity index (χ1n) is 15.4. The molecule has 1 saturated heterocycles. The molecule has 6 heteroatoms. The van der Waals surface area contributed by atoms with Crippen LogP contribution in [0.15, 0.2) is 133 Å². The molecule has 0 saturated carbocycles. The van der Waals surface area contributed by atoms with Gasteiger partial charge in [-0.2, -0.15) is 0 Å². The summed E-state index contributed by atoms with van der Waals surface area (Å²) in [5, 5.41) is 0. The van der Waals surface area contributed by atoms with Gasteiger partial charge in [0.15, 0.2) is 6.10 Å². The van der Waals surface area contributed by atoms with Crippen LogP contribution in [0.3, 0.4) is 0 Å². The Bertz CT molecular complexity index is 1410. The van der Waals surface area contributed by atoms with Gasteiger partial charge in [0, 0.05) is 0 Å². The molecule has 0 amide bonds. The Morgan fingerprint density at radius 1 is 0.545 bits per heavy atom. The highest BCUT2D eigenvalue weighted by atomic mass is 28.3. The Hall–Kier alpha value is -3.52. The van der Waals surface area contributed by atoms with E-state index in [2.05, 4.69) is 73.9 Å². The summed E-state index contributed by atoms with van der Waals surface area (Å²) >= 11 is 0. The molecule has 1 aliphatic heterocycles. The summed E-state index contributed by atoms with van der Waals surface area (Å²) in [5.41, 5.74) is 6.68. The molecule has 0 unspecified atom stereocenters. The summed E-state index contributed by atoms with van der Waals surface area (Å²) < 4.78 is 33.3. The van der Waals surface area contributed by atoms with Crippen molar-refractivity contribution in [2.75, 3.05) is 6.61 Å². The van der Waals surface area contributed by atoms with E-state index in [1.165, 1.54) is 0 Å². The average molecular weight is 609 g/mol. The molecule has 4 aromatic rings.